The third-order valence-electron chi connectivity index (χ3n) is 5.00. The minimum absolute atomic E-state index is 0.0816. The van der Waals surface area contributed by atoms with Crippen molar-refractivity contribution in [2.24, 2.45) is 5.92 Å². The zero-order valence-electron chi connectivity index (χ0n) is 18.2. The van der Waals surface area contributed by atoms with Gasteiger partial charge < -0.3 is 10.1 Å². The maximum absolute atomic E-state index is 13.5. The van der Waals surface area contributed by atoms with Gasteiger partial charge in [-0.15, -0.1) is 0 Å². The Morgan fingerprint density at radius 2 is 1.83 bits per heavy atom. The summed E-state index contributed by atoms with van der Waals surface area (Å²) in [6.45, 7) is 10.6. The molecule has 1 amide bonds. The number of carbonyl (C=O) groups is 1. The molecule has 30 heavy (non-hydrogen) atoms. The maximum atomic E-state index is 13.5. The number of rotatable bonds is 5. The van der Waals surface area contributed by atoms with Crippen molar-refractivity contribution in [2.45, 2.75) is 51.0 Å². The van der Waals surface area contributed by atoms with Gasteiger partial charge in [-0.1, -0.05) is 58.9 Å². The van der Waals surface area contributed by atoms with Crippen molar-refractivity contribution in [1.29, 1.82) is 0 Å². The number of nitrogens with zero attached hydrogens (tertiary/aromatic N) is 1. The van der Waals surface area contributed by atoms with Crippen LogP contribution < -0.4 is 14.4 Å². The van der Waals surface area contributed by atoms with Gasteiger partial charge in [0.15, 0.2) is 6.10 Å². The molecule has 0 fully saturated rings. The molecule has 0 radical (unpaired) electrons. The third-order valence-corrected chi connectivity index (χ3v) is 6.80. The molecule has 1 aliphatic rings. The topological polar surface area (TPSA) is 75.7 Å². The van der Waals surface area contributed by atoms with Crippen molar-refractivity contribution < 1.29 is 17.9 Å². The molecule has 0 aromatic heterocycles. The second kappa shape index (κ2) is 8.30. The van der Waals surface area contributed by atoms with Crippen LogP contribution in [0.3, 0.4) is 0 Å². The van der Waals surface area contributed by atoms with Crippen molar-refractivity contribution in [3.8, 4) is 5.75 Å². The fraction of sp³-hybridized carbons (Fsp3) is 0.435. The van der Waals surface area contributed by atoms with Crippen LogP contribution in [0.1, 0.15) is 40.2 Å². The Bertz CT molecular complexity index is 1010. The molecule has 1 heterocycles. The Labute approximate surface area is 179 Å². The Balaban J connectivity index is 2.05. The van der Waals surface area contributed by atoms with E-state index in [0.29, 0.717) is 18.0 Å². The maximum Gasteiger partial charge on any atom is 0.264 e. The molecule has 1 aliphatic heterocycles. The molecule has 0 bridgehead atoms. The minimum Gasteiger partial charge on any atom is -0.476 e. The highest BCUT2D eigenvalue weighted by Gasteiger charge is 2.38. The van der Waals surface area contributed by atoms with Gasteiger partial charge in [-0.2, -0.15) is 0 Å². The Hall–Kier alpha value is -2.54. The van der Waals surface area contributed by atoms with Crippen LogP contribution in [-0.2, 0) is 20.2 Å². The molecular formula is C23H30N2O4S. The van der Waals surface area contributed by atoms with Gasteiger partial charge in [0.2, 0.25) is 0 Å². The smallest absolute Gasteiger partial charge is 0.264 e. The van der Waals surface area contributed by atoms with Gasteiger partial charge >= 0.3 is 0 Å². The summed E-state index contributed by atoms with van der Waals surface area (Å²) in [7, 11) is -3.86. The second-order valence-corrected chi connectivity index (χ2v) is 10.9. The molecule has 162 valence electrons. The molecular weight excluding hydrogens is 400 g/mol. The SMILES string of the molecule is CC(C)CNC(=O)[C@H]1CN(S(=O)(=O)c2ccccc2)c2cc(C(C)(C)C)ccc2O1. The molecule has 7 heteroatoms. The highest BCUT2D eigenvalue weighted by atomic mass is 32.2. The van der Waals surface area contributed by atoms with Gasteiger partial charge in [0.05, 0.1) is 17.1 Å². The van der Waals surface area contributed by atoms with Gasteiger partial charge in [-0.05, 0) is 41.2 Å². The van der Waals surface area contributed by atoms with Gasteiger partial charge in [-0.3, -0.25) is 9.10 Å². The quantitative estimate of drug-likeness (QED) is 0.785. The van der Waals surface area contributed by atoms with Crippen molar-refractivity contribution in [3.63, 3.8) is 0 Å². The number of amides is 1. The van der Waals surface area contributed by atoms with Crippen molar-refractivity contribution in [3.05, 3.63) is 54.1 Å². The summed E-state index contributed by atoms with van der Waals surface area (Å²) in [5.74, 6) is 0.351. The van der Waals surface area contributed by atoms with Gasteiger partial charge in [0.1, 0.15) is 5.75 Å². The van der Waals surface area contributed by atoms with E-state index in [1.54, 1.807) is 36.4 Å². The van der Waals surface area contributed by atoms with E-state index in [9.17, 15) is 13.2 Å². The number of fused-ring (bicyclic) bond motifs is 1. The van der Waals surface area contributed by atoms with E-state index in [-0.39, 0.29) is 28.7 Å². The van der Waals surface area contributed by atoms with Crippen LogP contribution in [0.25, 0.3) is 0 Å². The van der Waals surface area contributed by atoms with E-state index in [2.05, 4.69) is 26.1 Å². The molecule has 2 aromatic rings. The predicted molar refractivity (Wildman–Crippen MR) is 118 cm³/mol. The average molecular weight is 431 g/mol. The number of carbonyl (C=O) groups excluding carboxylic acids is 1. The van der Waals surface area contributed by atoms with Gasteiger partial charge in [-0.25, -0.2) is 8.42 Å². The number of ether oxygens (including phenoxy) is 1. The lowest BCUT2D eigenvalue weighted by Crippen LogP contribution is -2.51. The van der Waals surface area contributed by atoms with E-state index in [0.717, 1.165) is 5.56 Å². The summed E-state index contributed by atoms with van der Waals surface area (Å²) < 4.78 is 34.2. The van der Waals surface area contributed by atoms with Crippen LogP contribution in [0.2, 0.25) is 0 Å². The summed E-state index contributed by atoms with van der Waals surface area (Å²) in [6, 6.07) is 13.8. The molecule has 6 nitrogen and oxygen atoms in total. The standard InChI is InChI=1S/C23H30N2O4S/c1-16(2)14-24-22(26)21-15-25(30(27,28)18-9-7-6-8-10-18)19-13-17(23(3,4)5)11-12-20(19)29-21/h6-13,16,21H,14-15H2,1-5H3,(H,24,26)/t21-/m1/s1. The van der Waals surface area contributed by atoms with Crippen LogP contribution >= 0.6 is 0 Å². The third kappa shape index (κ3) is 4.61. The normalized spacial score (nSPS) is 16.7. The van der Waals surface area contributed by atoms with Crippen molar-refractivity contribution >= 4 is 21.6 Å². The number of hydrogen-bond acceptors (Lipinski definition) is 4. The van der Waals surface area contributed by atoms with E-state index < -0.39 is 16.1 Å². The number of nitrogens with one attached hydrogen (secondary N) is 1. The summed E-state index contributed by atoms with van der Waals surface area (Å²) in [4.78, 5) is 12.9. The second-order valence-electron chi connectivity index (χ2n) is 9.03. The van der Waals surface area contributed by atoms with Gasteiger partial charge in [0, 0.05) is 6.54 Å². The number of sulfonamides is 1. The molecule has 0 saturated carbocycles. The first-order chi connectivity index (χ1) is 14.0. The highest BCUT2D eigenvalue weighted by molar-refractivity contribution is 7.92. The van der Waals surface area contributed by atoms with Crippen LogP contribution in [0.5, 0.6) is 5.75 Å². The molecule has 0 unspecified atom stereocenters. The van der Waals surface area contributed by atoms with Crippen molar-refractivity contribution in [1.82, 2.24) is 5.32 Å². The summed E-state index contributed by atoms with van der Waals surface area (Å²) in [6.07, 6.45) is -0.921. The fourth-order valence-electron chi connectivity index (χ4n) is 3.22. The average Bonchev–Trinajstić information content (AvgIpc) is 2.70. The minimum atomic E-state index is -3.86. The van der Waals surface area contributed by atoms with E-state index >= 15 is 0 Å². The summed E-state index contributed by atoms with van der Waals surface area (Å²) in [5, 5.41) is 2.84. The van der Waals surface area contributed by atoms with Crippen LogP contribution in [0, 0.1) is 5.92 Å². The Morgan fingerprint density at radius 1 is 1.17 bits per heavy atom. The molecule has 3 rings (SSSR count). The number of benzene rings is 2. The first kappa shape index (κ1) is 22.2. The summed E-state index contributed by atoms with van der Waals surface area (Å²) >= 11 is 0. The van der Waals surface area contributed by atoms with Crippen molar-refractivity contribution in [2.75, 3.05) is 17.4 Å². The number of hydrogen-bond donors (Lipinski definition) is 1. The predicted octanol–water partition coefficient (Wildman–Crippen LogP) is 3.71. The highest BCUT2D eigenvalue weighted by Crippen LogP contribution is 2.40. The lowest BCUT2D eigenvalue weighted by atomic mass is 9.86. The summed E-state index contributed by atoms with van der Waals surface area (Å²) in [5.41, 5.74) is 1.28. The Kier molecular flexibility index (Phi) is 6.13. The molecule has 1 N–H and O–H groups in total. The fourth-order valence-corrected chi connectivity index (χ4v) is 4.71. The monoisotopic (exact) mass is 430 g/mol. The molecule has 2 aromatic carbocycles. The number of anilines is 1. The Morgan fingerprint density at radius 3 is 2.43 bits per heavy atom. The molecule has 0 saturated heterocycles. The largest absolute Gasteiger partial charge is 0.476 e. The lowest BCUT2D eigenvalue weighted by molar-refractivity contribution is -0.127. The molecule has 0 spiro atoms. The lowest BCUT2D eigenvalue weighted by Gasteiger charge is -2.36. The first-order valence-electron chi connectivity index (χ1n) is 10.2. The first-order valence-corrected chi connectivity index (χ1v) is 11.6. The zero-order valence-corrected chi connectivity index (χ0v) is 19.0. The van der Waals surface area contributed by atoms with Gasteiger partial charge in [0.25, 0.3) is 15.9 Å². The van der Waals surface area contributed by atoms with E-state index in [1.807, 2.05) is 26.0 Å². The molecule has 0 aliphatic carbocycles. The zero-order chi connectivity index (χ0) is 22.1. The van der Waals surface area contributed by atoms with E-state index in [4.69, 9.17) is 4.74 Å². The molecule has 1 atom stereocenters. The van der Waals surface area contributed by atoms with Crippen LogP contribution in [0.4, 0.5) is 5.69 Å². The van der Waals surface area contributed by atoms with Crippen LogP contribution in [0.15, 0.2) is 53.4 Å². The van der Waals surface area contributed by atoms with E-state index in [1.165, 1.54) is 4.31 Å². The van der Waals surface area contributed by atoms with Crippen LogP contribution in [-0.4, -0.2) is 33.5 Å².